The van der Waals surface area contributed by atoms with Gasteiger partial charge in [-0.05, 0) is 24.3 Å². The van der Waals surface area contributed by atoms with Crippen molar-refractivity contribution in [2.45, 2.75) is 0 Å². The first-order valence-corrected chi connectivity index (χ1v) is 7.77. The number of ether oxygens (including phenoxy) is 1. The van der Waals surface area contributed by atoms with Crippen LogP contribution in [0.3, 0.4) is 0 Å². The number of hydrogen-bond donors (Lipinski definition) is 2. The Morgan fingerprint density at radius 2 is 2.04 bits per heavy atom. The lowest BCUT2D eigenvalue weighted by Gasteiger charge is -2.26. The molecule has 7 heteroatoms. The van der Waals surface area contributed by atoms with E-state index in [1.807, 2.05) is 6.07 Å². The fourth-order valence-electron chi connectivity index (χ4n) is 2.10. The molecule has 0 aromatic heterocycles. The second-order valence-corrected chi connectivity index (χ2v) is 5.47. The Kier molecular flexibility index (Phi) is 6.88. The van der Waals surface area contributed by atoms with Crippen molar-refractivity contribution in [1.82, 2.24) is 10.2 Å². The van der Waals surface area contributed by atoms with Gasteiger partial charge < -0.3 is 15.4 Å². The Bertz CT molecular complexity index is 589. The van der Waals surface area contributed by atoms with Crippen molar-refractivity contribution < 1.29 is 9.53 Å². The Balaban J connectivity index is 1.79. The van der Waals surface area contributed by atoms with Crippen molar-refractivity contribution in [1.29, 1.82) is 5.26 Å². The van der Waals surface area contributed by atoms with E-state index >= 15 is 0 Å². The first-order chi connectivity index (χ1) is 11.2. The van der Waals surface area contributed by atoms with Crippen molar-refractivity contribution >= 4 is 23.2 Å². The number of halogens is 1. The number of anilines is 1. The van der Waals surface area contributed by atoms with Crippen LogP contribution in [0.2, 0.25) is 5.02 Å². The molecule has 1 fully saturated rings. The summed E-state index contributed by atoms with van der Waals surface area (Å²) >= 11 is 5.80. The number of benzene rings is 1. The van der Waals surface area contributed by atoms with Crippen LogP contribution in [-0.4, -0.2) is 50.2 Å². The molecule has 0 spiro atoms. The summed E-state index contributed by atoms with van der Waals surface area (Å²) in [6, 6.07) is 8.89. The van der Waals surface area contributed by atoms with Crippen LogP contribution in [0, 0.1) is 11.3 Å². The van der Waals surface area contributed by atoms with E-state index in [2.05, 4.69) is 15.5 Å². The van der Waals surface area contributed by atoms with E-state index in [9.17, 15) is 4.79 Å². The summed E-state index contributed by atoms with van der Waals surface area (Å²) in [4.78, 5) is 14.2. The molecule has 0 unspecified atom stereocenters. The number of carbonyl (C=O) groups is 1. The number of nitrogens with zero attached hydrogens (tertiary/aromatic N) is 2. The van der Waals surface area contributed by atoms with Gasteiger partial charge in [0.05, 0.1) is 13.2 Å². The minimum Gasteiger partial charge on any atom is -0.379 e. The number of amides is 1. The molecule has 0 saturated carbocycles. The Morgan fingerprint density at radius 3 is 2.70 bits per heavy atom. The highest BCUT2D eigenvalue weighted by molar-refractivity contribution is 6.30. The molecule has 0 bridgehead atoms. The highest BCUT2D eigenvalue weighted by Gasteiger charge is 2.12. The first-order valence-electron chi connectivity index (χ1n) is 7.40. The van der Waals surface area contributed by atoms with Gasteiger partial charge in [-0.2, -0.15) is 5.26 Å². The van der Waals surface area contributed by atoms with Gasteiger partial charge in [0.15, 0.2) is 0 Å². The minimum atomic E-state index is -0.387. The predicted octanol–water partition coefficient (Wildman–Crippen LogP) is 1.61. The second-order valence-electron chi connectivity index (χ2n) is 5.03. The van der Waals surface area contributed by atoms with Crippen LogP contribution in [0.4, 0.5) is 5.69 Å². The Hall–Kier alpha value is -2.07. The second kappa shape index (κ2) is 9.16. The summed E-state index contributed by atoms with van der Waals surface area (Å²) in [5.41, 5.74) is 0.783. The Morgan fingerprint density at radius 1 is 1.35 bits per heavy atom. The van der Waals surface area contributed by atoms with Crippen LogP contribution in [0.25, 0.3) is 0 Å². The van der Waals surface area contributed by atoms with Gasteiger partial charge in [0.2, 0.25) is 0 Å². The zero-order valence-corrected chi connectivity index (χ0v) is 13.5. The number of morpholine rings is 1. The maximum Gasteiger partial charge on any atom is 0.263 e. The summed E-state index contributed by atoms with van der Waals surface area (Å²) in [7, 11) is 0. The van der Waals surface area contributed by atoms with Crippen molar-refractivity contribution in [3.8, 4) is 6.07 Å². The van der Waals surface area contributed by atoms with Crippen LogP contribution in [-0.2, 0) is 9.53 Å². The summed E-state index contributed by atoms with van der Waals surface area (Å²) in [6.45, 7) is 4.44. The number of rotatable bonds is 6. The zero-order chi connectivity index (χ0) is 16.5. The molecule has 23 heavy (non-hydrogen) atoms. The summed E-state index contributed by atoms with van der Waals surface area (Å²) in [5, 5.41) is 15.4. The van der Waals surface area contributed by atoms with Crippen LogP contribution in [0.15, 0.2) is 36.0 Å². The van der Waals surface area contributed by atoms with Crippen LogP contribution < -0.4 is 10.6 Å². The lowest BCUT2D eigenvalue weighted by atomic mass is 10.2. The van der Waals surface area contributed by atoms with E-state index in [1.165, 1.54) is 6.20 Å². The maximum atomic E-state index is 12.0. The number of nitriles is 1. The van der Waals surface area contributed by atoms with Gasteiger partial charge in [-0.15, -0.1) is 0 Å². The smallest absolute Gasteiger partial charge is 0.263 e. The molecule has 1 heterocycles. The van der Waals surface area contributed by atoms with Gasteiger partial charge in [-0.3, -0.25) is 9.69 Å². The van der Waals surface area contributed by atoms with E-state index in [0.717, 1.165) is 38.5 Å². The van der Waals surface area contributed by atoms with Crippen molar-refractivity contribution in [2.75, 3.05) is 44.7 Å². The lowest BCUT2D eigenvalue weighted by molar-refractivity contribution is -0.117. The number of carbonyl (C=O) groups excluding carboxylic acids is 1. The minimum absolute atomic E-state index is 0.0296. The average molecular weight is 335 g/mol. The van der Waals surface area contributed by atoms with Crippen molar-refractivity contribution in [2.24, 2.45) is 0 Å². The van der Waals surface area contributed by atoms with E-state index in [-0.39, 0.29) is 11.5 Å². The van der Waals surface area contributed by atoms with Crippen molar-refractivity contribution in [3.05, 3.63) is 41.1 Å². The summed E-state index contributed by atoms with van der Waals surface area (Å²) in [5.74, 6) is -0.387. The number of nitrogens with one attached hydrogen (secondary N) is 2. The number of hydrogen-bond acceptors (Lipinski definition) is 5. The third-order valence-corrected chi connectivity index (χ3v) is 3.66. The average Bonchev–Trinajstić information content (AvgIpc) is 2.58. The molecule has 2 rings (SSSR count). The van der Waals surface area contributed by atoms with E-state index in [0.29, 0.717) is 11.6 Å². The lowest BCUT2D eigenvalue weighted by Crippen LogP contribution is -2.41. The molecular weight excluding hydrogens is 316 g/mol. The van der Waals surface area contributed by atoms with Gasteiger partial charge in [0.1, 0.15) is 11.6 Å². The molecule has 6 nitrogen and oxygen atoms in total. The molecule has 0 atom stereocenters. The standard InChI is InChI=1S/C16H19ClN4O2/c17-14-1-3-15(4-2-14)20-12-13(11-18)16(22)19-5-6-21-7-9-23-10-8-21/h1-4,12,20H,5-10H2,(H,19,22)/b13-12-. The van der Waals surface area contributed by atoms with Crippen molar-refractivity contribution in [3.63, 3.8) is 0 Å². The van der Waals surface area contributed by atoms with E-state index < -0.39 is 0 Å². The fraction of sp³-hybridized carbons (Fsp3) is 0.375. The highest BCUT2D eigenvalue weighted by atomic mass is 35.5. The molecule has 0 radical (unpaired) electrons. The molecule has 1 amide bonds. The highest BCUT2D eigenvalue weighted by Crippen LogP contribution is 2.13. The van der Waals surface area contributed by atoms with Gasteiger partial charge in [0.25, 0.3) is 5.91 Å². The predicted molar refractivity (Wildman–Crippen MR) is 89.0 cm³/mol. The van der Waals surface area contributed by atoms with Gasteiger partial charge in [-0.25, -0.2) is 0 Å². The molecule has 1 aromatic carbocycles. The SMILES string of the molecule is N#C/C(=C/Nc1ccc(Cl)cc1)C(=O)NCCN1CCOCC1. The molecule has 1 saturated heterocycles. The quantitative estimate of drug-likeness (QED) is 0.610. The molecule has 1 aliphatic rings. The largest absolute Gasteiger partial charge is 0.379 e. The van der Waals surface area contributed by atoms with Gasteiger partial charge in [-0.1, -0.05) is 11.6 Å². The third kappa shape index (κ3) is 5.91. The first kappa shape index (κ1) is 17.3. The molecule has 0 aliphatic carbocycles. The summed E-state index contributed by atoms with van der Waals surface area (Å²) in [6.07, 6.45) is 1.40. The topological polar surface area (TPSA) is 77.4 Å². The Labute approximate surface area is 140 Å². The molecule has 1 aliphatic heterocycles. The van der Waals surface area contributed by atoms with E-state index in [1.54, 1.807) is 24.3 Å². The van der Waals surface area contributed by atoms with Crippen LogP contribution in [0.5, 0.6) is 0 Å². The molecular formula is C16H19ClN4O2. The fourth-order valence-corrected chi connectivity index (χ4v) is 2.22. The molecule has 122 valence electrons. The third-order valence-electron chi connectivity index (χ3n) is 3.41. The summed E-state index contributed by atoms with van der Waals surface area (Å²) < 4.78 is 5.27. The van der Waals surface area contributed by atoms with Crippen LogP contribution in [0.1, 0.15) is 0 Å². The van der Waals surface area contributed by atoms with Crippen LogP contribution >= 0.6 is 11.6 Å². The van der Waals surface area contributed by atoms with E-state index in [4.69, 9.17) is 21.6 Å². The maximum absolute atomic E-state index is 12.0. The zero-order valence-electron chi connectivity index (χ0n) is 12.7. The normalized spacial score (nSPS) is 15.7. The van der Waals surface area contributed by atoms with Gasteiger partial charge in [0, 0.05) is 43.1 Å². The van der Waals surface area contributed by atoms with Gasteiger partial charge >= 0.3 is 0 Å². The molecule has 1 aromatic rings. The monoisotopic (exact) mass is 334 g/mol. The molecule has 2 N–H and O–H groups in total.